The average molecular weight is 414 g/mol. The van der Waals surface area contributed by atoms with Crippen LogP contribution in [0.3, 0.4) is 0 Å². The number of hydrogen-bond acceptors (Lipinski definition) is 4. The van der Waals surface area contributed by atoms with Crippen LogP contribution in [0.15, 0.2) is 59.4 Å². The van der Waals surface area contributed by atoms with Crippen LogP contribution in [0.1, 0.15) is 21.5 Å². The van der Waals surface area contributed by atoms with Gasteiger partial charge in [-0.25, -0.2) is 18.0 Å². The maximum absolute atomic E-state index is 14.6. The highest BCUT2D eigenvalue weighted by molar-refractivity contribution is 6.11. The normalized spacial score (nSPS) is 11.0. The van der Waals surface area contributed by atoms with E-state index in [-0.39, 0.29) is 16.7 Å². The van der Waals surface area contributed by atoms with E-state index in [4.69, 9.17) is 10.8 Å². The van der Waals surface area contributed by atoms with Crippen molar-refractivity contribution in [1.82, 2.24) is 4.57 Å². The number of aliphatic carboxylic acids is 1. The van der Waals surface area contributed by atoms with Gasteiger partial charge in [0.1, 0.15) is 17.3 Å². The van der Waals surface area contributed by atoms with E-state index in [2.05, 4.69) is 0 Å². The summed E-state index contributed by atoms with van der Waals surface area (Å²) < 4.78 is 42.8. The maximum atomic E-state index is 14.6. The van der Waals surface area contributed by atoms with Gasteiger partial charge in [-0.05, 0) is 54.1 Å². The Morgan fingerprint density at radius 3 is 2.13 bits per heavy atom. The number of hydrogen-bond donors (Lipinski definition) is 2. The fourth-order valence-electron chi connectivity index (χ4n) is 2.80. The molecular formula is C21H13F3N2O4. The molecule has 0 fully saturated rings. The molecule has 0 unspecified atom stereocenters. The third-order valence-electron chi connectivity index (χ3n) is 4.16. The standard InChI is InChI=1S/C21H13F3N2O4/c22-13-4-2-12(3-5-13)20(30)14-6-7-17(27)26(21(14)25)19-15(23)9-11(10-16(19)24)1-8-18(28)29/h1-10H,25H2,(H,28,29). The Balaban J connectivity index is 2.15. The van der Waals surface area contributed by atoms with Gasteiger partial charge in [-0.3, -0.25) is 14.2 Å². The first-order valence-electron chi connectivity index (χ1n) is 8.41. The molecule has 3 aromatic rings. The molecule has 2 aromatic carbocycles. The molecule has 1 heterocycles. The Morgan fingerprint density at radius 2 is 1.57 bits per heavy atom. The summed E-state index contributed by atoms with van der Waals surface area (Å²) in [5.74, 6) is -5.45. The van der Waals surface area contributed by atoms with E-state index >= 15 is 0 Å². The number of carbonyl (C=O) groups is 2. The van der Waals surface area contributed by atoms with Crippen LogP contribution in [0, 0.1) is 17.5 Å². The number of nitrogen functional groups attached to an aromatic ring is 1. The summed E-state index contributed by atoms with van der Waals surface area (Å²) in [4.78, 5) is 35.5. The first-order valence-corrected chi connectivity index (χ1v) is 8.41. The Labute approximate surface area is 167 Å². The van der Waals surface area contributed by atoms with Crippen molar-refractivity contribution in [3.8, 4) is 5.69 Å². The third kappa shape index (κ3) is 4.00. The van der Waals surface area contributed by atoms with Gasteiger partial charge in [-0.1, -0.05) is 0 Å². The molecule has 0 atom stereocenters. The van der Waals surface area contributed by atoms with Gasteiger partial charge >= 0.3 is 5.97 Å². The quantitative estimate of drug-likeness (QED) is 0.493. The Morgan fingerprint density at radius 1 is 0.967 bits per heavy atom. The van der Waals surface area contributed by atoms with Crippen LogP contribution in [0.5, 0.6) is 0 Å². The van der Waals surface area contributed by atoms with Crippen molar-refractivity contribution in [1.29, 1.82) is 0 Å². The Bertz CT molecular complexity index is 1230. The third-order valence-corrected chi connectivity index (χ3v) is 4.16. The van der Waals surface area contributed by atoms with E-state index in [0.717, 1.165) is 42.5 Å². The molecule has 152 valence electrons. The second-order valence-electron chi connectivity index (χ2n) is 6.15. The zero-order valence-corrected chi connectivity index (χ0v) is 15.1. The van der Waals surface area contributed by atoms with Gasteiger partial charge in [0, 0.05) is 17.7 Å². The Hall–Kier alpha value is -4.14. The van der Waals surface area contributed by atoms with Crippen LogP contribution < -0.4 is 11.3 Å². The second-order valence-corrected chi connectivity index (χ2v) is 6.15. The first-order chi connectivity index (χ1) is 14.2. The fourth-order valence-corrected chi connectivity index (χ4v) is 2.80. The van der Waals surface area contributed by atoms with Crippen molar-refractivity contribution >= 4 is 23.6 Å². The summed E-state index contributed by atoms with van der Waals surface area (Å²) >= 11 is 0. The molecule has 0 amide bonds. The number of halogens is 3. The predicted octanol–water partition coefficient (Wildman–Crippen LogP) is 3.17. The number of carboxylic acid groups (broad SMARTS) is 1. The van der Waals surface area contributed by atoms with Gasteiger partial charge < -0.3 is 10.8 Å². The summed E-state index contributed by atoms with van der Waals surface area (Å²) in [6.07, 6.45) is 1.66. The molecule has 30 heavy (non-hydrogen) atoms. The monoisotopic (exact) mass is 414 g/mol. The van der Waals surface area contributed by atoms with Crippen molar-refractivity contribution in [3.63, 3.8) is 0 Å². The number of ketones is 1. The minimum Gasteiger partial charge on any atom is -0.478 e. The molecule has 0 spiro atoms. The maximum Gasteiger partial charge on any atom is 0.328 e. The second kappa shape index (κ2) is 8.08. The molecule has 9 heteroatoms. The summed E-state index contributed by atoms with van der Waals surface area (Å²) in [5.41, 5.74) is 3.94. The predicted molar refractivity (Wildman–Crippen MR) is 103 cm³/mol. The molecule has 0 radical (unpaired) electrons. The first kappa shape index (κ1) is 20.6. The van der Waals surface area contributed by atoms with Gasteiger partial charge in [0.15, 0.2) is 17.4 Å². The average Bonchev–Trinajstić information content (AvgIpc) is 2.68. The van der Waals surface area contributed by atoms with E-state index < -0.39 is 46.3 Å². The lowest BCUT2D eigenvalue weighted by Crippen LogP contribution is -2.25. The van der Waals surface area contributed by atoms with Crippen LogP contribution in [-0.4, -0.2) is 21.4 Å². The summed E-state index contributed by atoms with van der Waals surface area (Å²) in [7, 11) is 0. The largest absolute Gasteiger partial charge is 0.478 e. The lowest BCUT2D eigenvalue weighted by Gasteiger charge is -2.15. The van der Waals surface area contributed by atoms with Crippen LogP contribution in [0.2, 0.25) is 0 Å². The number of benzene rings is 2. The lowest BCUT2D eigenvalue weighted by atomic mass is 10.0. The van der Waals surface area contributed by atoms with Crippen LogP contribution in [-0.2, 0) is 4.79 Å². The molecule has 0 aliphatic carbocycles. The molecular weight excluding hydrogens is 401 g/mol. The topological polar surface area (TPSA) is 102 Å². The molecule has 3 N–H and O–H groups in total. The van der Waals surface area contributed by atoms with Gasteiger partial charge in [-0.15, -0.1) is 0 Å². The van der Waals surface area contributed by atoms with E-state index in [9.17, 15) is 27.6 Å². The van der Waals surface area contributed by atoms with Crippen molar-refractivity contribution in [3.05, 3.63) is 99.1 Å². The highest BCUT2D eigenvalue weighted by atomic mass is 19.1. The summed E-state index contributed by atoms with van der Waals surface area (Å²) in [6.45, 7) is 0. The number of rotatable bonds is 5. The molecule has 0 aliphatic rings. The van der Waals surface area contributed by atoms with E-state index in [1.807, 2.05) is 0 Å². The molecule has 0 saturated carbocycles. The van der Waals surface area contributed by atoms with Gasteiger partial charge in [0.25, 0.3) is 5.56 Å². The summed E-state index contributed by atoms with van der Waals surface area (Å²) in [6, 6.07) is 8.19. The van der Waals surface area contributed by atoms with Crippen molar-refractivity contribution in [2.24, 2.45) is 0 Å². The zero-order chi connectivity index (χ0) is 22.0. The highest BCUT2D eigenvalue weighted by Crippen LogP contribution is 2.24. The number of carboxylic acids is 1. The Kier molecular flexibility index (Phi) is 5.54. The molecule has 0 bridgehead atoms. The van der Waals surface area contributed by atoms with E-state index in [1.165, 1.54) is 12.1 Å². The number of carbonyl (C=O) groups excluding carboxylic acids is 1. The minimum atomic E-state index is -1.31. The lowest BCUT2D eigenvalue weighted by molar-refractivity contribution is -0.131. The van der Waals surface area contributed by atoms with Crippen LogP contribution >= 0.6 is 0 Å². The van der Waals surface area contributed by atoms with E-state index in [1.54, 1.807) is 0 Å². The van der Waals surface area contributed by atoms with E-state index in [0.29, 0.717) is 10.6 Å². The van der Waals surface area contributed by atoms with Crippen LogP contribution in [0.25, 0.3) is 11.8 Å². The number of nitrogens with zero attached hydrogens (tertiary/aromatic N) is 1. The minimum absolute atomic E-state index is 0.0587. The molecule has 3 rings (SSSR count). The zero-order valence-electron chi connectivity index (χ0n) is 15.1. The summed E-state index contributed by atoms with van der Waals surface area (Å²) in [5, 5.41) is 8.62. The number of aromatic nitrogens is 1. The molecule has 0 aliphatic heterocycles. The fraction of sp³-hybridized carbons (Fsp3) is 0. The number of pyridine rings is 1. The molecule has 1 aromatic heterocycles. The van der Waals surface area contributed by atoms with Crippen molar-refractivity contribution in [2.45, 2.75) is 0 Å². The van der Waals surface area contributed by atoms with Crippen LogP contribution in [0.4, 0.5) is 19.0 Å². The van der Waals surface area contributed by atoms with Gasteiger partial charge in [0.2, 0.25) is 0 Å². The van der Waals surface area contributed by atoms with Crippen molar-refractivity contribution < 1.29 is 27.9 Å². The van der Waals surface area contributed by atoms with Crippen molar-refractivity contribution in [2.75, 3.05) is 5.73 Å². The number of anilines is 1. The van der Waals surface area contributed by atoms with Gasteiger partial charge in [-0.2, -0.15) is 0 Å². The smallest absolute Gasteiger partial charge is 0.328 e. The highest BCUT2D eigenvalue weighted by Gasteiger charge is 2.21. The SMILES string of the molecule is Nc1c(C(=O)c2ccc(F)cc2)ccc(=O)n1-c1c(F)cc(C=CC(=O)O)cc1F. The number of nitrogens with two attached hydrogens (primary N) is 1. The molecule has 6 nitrogen and oxygen atoms in total. The van der Waals surface area contributed by atoms with Gasteiger partial charge in [0.05, 0.1) is 5.56 Å². The molecule has 0 saturated heterocycles.